The smallest absolute Gasteiger partial charge is 0.313 e. The normalized spacial score (nSPS) is 15.6. The topological polar surface area (TPSA) is 101 Å². The van der Waals surface area contributed by atoms with Gasteiger partial charge in [0.2, 0.25) is 5.82 Å². The Morgan fingerprint density at radius 3 is 2.57 bits per heavy atom. The van der Waals surface area contributed by atoms with Crippen molar-refractivity contribution in [2.24, 2.45) is 0 Å². The lowest BCUT2D eigenvalue weighted by Crippen LogP contribution is -2.45. The molecule has 1 aliphatic rings. The van der Waals surface area contributed by atoms with Crippen molar-refractivity contribution in [1.29, 1.82) is 0 Å². The number of halogens is 1. The van der Waals surface area contributed by atoms with E-state index in [0.717, 1.165) is 44.2 Å². The third kappa shape index (κ3) is 4.36. The van der Waals surface area contributed by atoms with Crippen molar-refractivity contribution >= 4 is 34.5 Å². The number of rotatable bonds is 5. The Bertz CT molecular complexity index is 879. The van der Waals surface area contributed by atoms with Crippen LogP contribution in [-0.2, 0) is 15.0 Å². The van der Waals surface area contributed by atoms with Crippen LogP contribution in [0, 0.1) is 15.9 Å². The van der Waals surface area contributed by atoms with Crippen LogP contribution in [0.4, 0.5) is 15.8 Å². The molecule has 28 heavy (non-hydrogen) atoms. The van der Waals surface area contributed by atoms with Crippen LogP contribution < -0.4 is 10.6 Å². The largest absolute Gasteiger partial charge is 0.347 e. The van der Waals surface area contributed by atoms with Crippen molar-refractivity contribution in [3.8, 4) is 0 Å². The molecule has 2 aromatic rings. The Morgan fingerprint density at radius 2 is 1.93 bits per heavy atom. The molecular weight excluding hydrogens is 385 g/mol. The predicted octanol–water partition coefficient (Wildman–Crippen LogP) is 3.75. The van der Waals surface area contributed by atoms with Gasteiger partial charge in [-0.05, 0) is 36.4 Å². The highest BCUT2D eigenvalue weighted by atomic mass is 32.1. The maximum absolute atomic E-state index is 13.4. The van der Waals surface area contributed by atoms with Crippen LogP contribution in [0.15, 0.2) is 35.7 Å². The van der Waals surface area contributed by atoms with E-state index in [1.807, 2.05) is 11.4 Å². The first kappa shape index (κ1) is 19.9. The number of hydrogen-bond donors (Lipinski definition) is 2. The van der Waals surface area contributed by atoms with Gasteiger partial charge in [-0.15, -0.1) is 11.3 Å². The van der Waals surface area contributed by atoms with E-state index in [-0.39, 0.29) is 11.1 Å². The van der Waals surface area contributed by atoms with Crippen LogP contribution >= 0.6 is 11.3 Å². The van der Waals surface area contributed by atoms with E-state index in [0.29, 0.717) is 6.54 Å². The molecular formula is C19H20FN3O4S. The highest BCUT2D eigenvalue weighted by Gasteiger charge is 2.35. The zero-order chi connectivity index (χ0) is 20.1. The van der Waals surface area contributed by atoms with Gasteiger partial charge < -0.3 is 10.6 Å². The molecule has 0 radical (unpaired) electrons. The van der Waals surface area contributed by atoms with Crippen molar-refractivity contribution in [2.45, 2.75) is 37.5 Å². The maximum atomic E-state index is 13.4. The molecule has 0 unspecified atom stereocenters. The summed E-state index contributed by atoms with van der Waals surface area (Å²) in [5.41, 5.74) is -0.951. The molecule has 1 aliphatic carbocycles. The average molecular weight is 405 g/mol. The second-order valence-electron chi connectivity index (χ2n) is 6.88. The molecule has 148 valence electrons. The molecule has 0 aliphatic heterocycles. The highest BCUT2D eigenvalue weighted by molar-refractivity contribution is 7.10. The van der Waals surface area contributed by atoms with Gasteiger partial charge in [0.15, 0.2) is 0 Å². The number of anilines is 1. The van der Waals surface area contributed by atoms with Crippen molar-refractivity contribution in [1.82, 2.24) is 5.32 Å². The Balaban J connectivity index is 1.65. The van der Waals surface area contributed by atoms with Crippen molar-refractivity contribution in [3.05, 3.63) is 56.5 Å². The van der Waals surface area contributed by atoms with Crippen LogP contribution in [0.2, 0.25) is 0 Å². The van der Waals surface area contributed by atoms with Crippen LogP contribution in [0.1, 0.15) is 37.0 Å². The number of nitro benzene ring substituents is 1. The van der Waals surface area contributed by atoms with Crippen LogP contribution in [0.25, 0.3) is 0 Å². The molecule has 1 heterocycles. The van der Waals surface area contributed by atoms with Gasteiger partial charge in [-0.2, -0.15) is 4.39 Å². The van der Waals surface area contributed by atoms with Gasteiger partial charge in [0, 0.05) is 28.6 Å². The van der Waals surface area contributed by atoms with Gasteiger partial charge in [-0.25, -0.2) is 0 Å². The predicted molar refractivity (Wildman–Crippen MR) is 104 cm³/mol. The summed E-state index contributed by atoms with van der Waals surface area (Å²) in [6, 6.07) is 6.96. The summed E-state index contributed by atoms with van der Waals surface area (Å²) >= 11 is 1.65. The van der Waals surface area contributed by atoms with Crippen molar-refractivity contribution in [3.63, 3.8) is 0 Å². The molecule has 2 N–H and O–H groups in total. The lowest BCUT2D eigenvalue weighted by molar-refractivity contribution is -0.387. The Hall–Kier alpha value is -2.81. The molecule has 0 spiro atoms. The molecule has 0 atom stereocenters. The molecule has 1 aromatic heterocycles. The van der Waals surface area contributed by atoms with Gasteiger partial charge >= 0.3 is 17.5 Å². The minimum absolute atomic E-state index is 0.0149. The molecule has 2 amide bonds. The first-order valence-electron chi connectivity index (χ1n) is 8.98. The fourth-order valence-electron chi connectivity index (χ4n) is 3.57. The summed E-state index contributed by atoms with van der Waals surface area (Å²) in [4.78, 5) is 35.5. The fourth-order valence-corrected chi connectivity index (χ4v) is 4.55. The quantitative estimate of drug-likeness (QED) is 0.449. The number of thiophene rings is 1. The van der Waals surface area contributed by atoms with Crippen LogP contribution in [-0.4, -0.2) is 23.3 Å². The standard InChI is InChI=1S/C19H20FN3O4S/c20-14-7-6-13(11-15(14)23(26)27)22-18(25)17(24)21-12-19(8-2-1-3-9-19)16-5-4-10-28-16/h4-7,10-11H,1-3,8-9,12H2,(H,21,24)(H,22,25). The number of hydrogen-bond acceptors (Lipinski definition) is 5. The molecule has 9 heteroatoms. The molecule has 7 nitrogen and oxygen atoms in total. The summed E-state index contributed by atoms with van der Waals surface area (Å²) in [5.74, 6) is -2.78. The molecule has 0 saturated heterocycles. The zero-order valence-corrected chi connectivity index (χ0v) is 15.9. The van der Waals surface area contributed by atoms with Gasteiger partial charge in [0.1, 0.15) is 0 Å². The summed E-state index contributed by atoms with van der Waals surface area (Å²) in [6.07, 6.45) is 5.18. The van der Waals surface area contributed by atoms with Gasteiger partial charge in [0.05, 0.1) is 4.92 Å². The number of nitro groups is 1. The molecule has 0 bridgehead atoms. The van der Waals surface area contributed by atoms with E-state index in [9.17, 15) is 24.1 Å². The molecule has 1 fully saturated rings. The minimum atomic E-state index is -1.01. The highest BCUT2D eigenvalue weighted by Crippen LogP contribution is 2.41. The Labute approximate surface area is 165 Å². The average Bonchev–Trinajstić information content (AvgIpc) is 3.23. The third-order valence-electron chi connectivity index (χ3n) is 5.05. The van der Waals surface area contributed by atoms with E-state index >= 15 is 0 Å². The van der Waals surface area contributed by atoms with E-state index < -0.39 is 28.2 Å². The Kier molecular flexibility index (Phi) is 6.03. The van der Waals surface area contributed by atoms with Gasteiger partial charge in [0.25, 0.3) is 0 Å². The van der Waals surface area contributed by atoms with Crippen molar-refractivity contribution in [2.75, 3.05) is 11.9 Å². The minimum Gasteiger partial charge on any atom is -0.347 e. The number of carbonyl (C=O) groups excluding carboxylic acids is 2. The zero-order valence-electron chi connectivity index (χ0n) is 15.1. The second-order valence-corrected chi connectivity index (χ2v) is 7.83. The monoisotopic (exact) mass is 405 g/mol. The Morgan fingerprint density at radius 1 is 1.18 bits per heavy atom. The SMILES string of the molecule is O=C(NCC1(c2cccs2)CCCCC1)C(=O)Nc1ccc(F)c([N+](=O)[O-])c1. The first-order valence-corrected chi connectivity index (χ1v) is 9.86. The van der Waals surface area contributed by atoms with E-state index in [1.54, 1.807) is 11.3 Å². The first-order chi connectivity index (χ1) is 13.4. The number of nitrogens with zero attached hydrogens (tertiary/aromatic N) is 1. The summed E-state index contributed by atoms with van der Waals surface area (Å²) < 4.78 is 13.4. The van der Waals surface area contributed by atoms with E-state index in [1.165, 1.54) is 10.9 Å². The molecule has 3 rings (SSSR count). The lowest BCUT2D eigenvalue weighted by Gasteiger charge is -2.36. The molecule has 1 saturated carbocycles. The van der Waals surface area contributed by atoms with Gasteiger partial charge in [-0.3, -0.25) is 19.7 Å². The number of carbonyl (C=O) groups is 2. The fraction of sp³-hybridized carbons (Fsp3) is 0.368. The number of amides is 2. The van der Waals surface area contributed by atoms with E-state index in [4.69, 9.17) is 0 Å². The summed E-state index contributed by atoms with van der Waals surface area (Å²) in [5, 5.41) is 17.8. The number of benzene rings is 1. The maximum Gasteiger partial charge on any atom is 0.313 e. The molecule has 1 aromatic carbocycles. The second kappa shape index (κ2) is 8.47. The van der Waals surface area contributed by atoms with Crippen LogP contribution in [0.3, 0.4) is 0 Å². The third-order valence-corrected chi connectivity index (χ3v) is 6.17. The number of nitrogens with one attached hydrogen (secondary N) is 2. The van der Waals surface area contributed by atoms with E-state index in [2.05, 4.69) is 16.7 Å². The summed E-state index contributed by atoms with van der Waals surface area (Å²) in [7, 11) is 0. The summed E-state index contributed by atoms with van der Waals surface area (Å²) in [6.45, 7) is 0.351. The lowest BCUT2D eigenvalue weighted by atomic mass is 9.73. The van der Waals surface area contributed by atoms with Crippen LogP contribution in [0.5, 0.6) is 0 Å². The van der Waals surface area contributed by atoms with Crippen molar-refractivity contribution < 1.29 is 18.9 Å². The van der Waals surface area contributed by atoms with Gasteiger partial charge in [-0.1, -0.05) is 25.3 Å².